The third-order valence-corrected chi connectivity index (χ3v) is 5.17. The Morgan fingerprint density at radius 1 is 1.14 bits per heavy atom. The zero-order valence-corrected chi connectivity index (χ0v) is 16.1. The zero-order valence-electron chi connectivity index (χ0n) is 15.3. The van der Waals surface area contributed by atoms with Gasteiger partial charge in [-0.2, -0.15) is 5.10 Å². The molecule has 0 unspecified atom stereocenters. The summed E-state index contributed by atoms with van der Waals surface area (Å²) in [5.74, 6) is -0.109. The second kappa shape index (κ2) is 7.74. The molecule has 0 bridgehead atoms. The number of aryl methyl sites for hydroxylation is 2. The Morgan fingerprint density at radius 2 is 1.93 bits per heavy atom. The largest absolute Gasteiger partial charge is 0.326 e. The van der Waals surface area contributed by atoms with Crippen LogP contribution >= 0.6 is 11.3 Å². The van der Waals surface area contributed by atoms with E-state index in [1.54, 1.807) is 22.1 Å². The number of carbonyl (C=O) groups excluding carboxylic acids is 1. The summed E-state index contributed by atoms with van der Waals surface area (Å²) in [4.78, 5) is 28.7. The maximum Gasteiger partial charge on any atom is 0.226 e. The third kappa shape index (κ3) is 3.84. The van der Waals surface area contributed by atoms with Gasteiger partial charge in [0.15, 0.2) is 0 Å². The number of amides is 1. The van der Waals surface area contributed by atoms with Gasteiger partial charge in [0.2, 0.25) is 11.3 Å². The lowest BCUT2D eigenvalue weighted by Crippen LogP contribution is -2.18. The fourth-order valence-corrected chi connectivity index (χ4v) is 3.61. The molecule has 0 spiro atoms. The minimum atomic E-state index is -0.119. The number of anilines is 1. The van der Waals surface area contributed by atoms with E-state index in [4.69, 9.17) is 0 Å². The molecule has 0 radical (unpaired) electrons. The average Bonchev–Trinajstić information content (AvgIpc) is 3.15. The molecular weight excluding hydrogens is 372 g/mol. The van der Waals surface area contributed by atoms with Crippen LogP contribution in [0.1, 0.15) is 11.4 Å². The van der Waals surface area contributed by atoms with E-state index in [-0.39, 0.29) is 17.8 Å². The summed E-state index contributed by atoms with van der Waals surface area (Å²) in [6, 6.07) is 14.9. The highest BCUT2D eigenvalue weighted by Crippen LogP contribution is 2.23. The maximum absolute atomic E-state index is 12.3. The quantitative estimate of drug-likeness (QED) is 0.561. The van der Waals surface area contributed by atoms with Crippen molar-refractivity contribution in [3.05, 3.63) is 75.3 Å². The molecule has 1 N–H and O–H groups in total. The SMILES string of the molecule is Cc1nc(-c2ccc(NC(=O)CCn3ncc(=O)c4ccccc43)cc2)cs1. The van der Waals surface area contributed by atoms with Crippen LogP contribution in [0.3, 0.4) is 0 Å². The van der Waals surface area contributed by atoms with Crippen molar-refractivity contribution in [1.29, 1.82) is 0 Å². The molecule has 0 aliphatic heterocycles. The van der Waals surface area contributed by atoms with Crippen molar-refractivity contribution in [3.63, 3.8) is 0 Å². The van der Waals surface area contributed by atoms with Gasteiger partial charge >= 0.3 is 0 Å². The molecule has 1 amide bonds. The van der Waals surface area contributed by atoms with Crippen LogP contribution in [-0.4, -0.2) is 20.7 Å². The first kappa shape index (κ1) is 18.1. The highest BCUT2D eigenvalue weighted by atomic mass is 32.1. The highest BCUT2D eigenvalue weighted by Gasteiger charge is 2.08. The predicted molar refractivity (Wildman–Crippen MR) is 112 cm³/mol. The lowest BCUT2D eigenvalue weighted by molar-refractivity contribution is -0.116. The number of hydrogen-bond donors (Lipinski definition) is 1. The van der Waals surface area contributed by atoms with E-state index < -0.39 is 0 Å². The first-order valence-electron chi connectivity index (χ1n) is 8.87. The minimum absolute atomic E-state index is 0.109. The summed E-state index contributed by atoms with van der Waals surface area (Å²) in [6.07, 6.45) is 1.55. The van der Waals surface area contributed by atoms with E-state index in [9.17, 15) is 9.59 Å². The van der Waals surface area contributed by atoms with Crippen LogP contribution < -0.4 is 10.7 Å². The van der Waals surface area contributed by atoms with Crippen LogP contribution in [0.2, 0.25) is 0 Å². The molecule has 6 nitrogen and oxygen atoms in total. The van der Waals surface area contributed by atoms with Gasteiger partial charge < -0.3 is 5.32 Å². The molecule has 7 heteroatoms. The summed E-state index contributed by atoms with van der Waals surface area (Å²) in [5.41, 5.74) is 3.30. The fraction of sp³-hybridized carbons (Fsp3) is 0.143. The molecule has 2 heterocycles. The van der Waals surface area contributed by atoms with Crippen molar-refractivity contribution in [2.75, 3.05) is 5.32 Å². The maximum atomic E-state index is 12.3. The Morgan fingerprint density at radius 3 is 2.68 bits per heavy atom. The van der Waals surface area contributed by atoms with Crippen LogP contribution in [-0.2, 0) is 11.3 Å². The summed E-state index contributed by atoms with van der Waals surface area (Å²) < 4.78 is 1.68. The van der Waals surface area contributed by atoms with Crippen LogP contribution in [0.15, 0.2) is 64.9 Å². The number of carbonyl (C=O) groups is 1. The molecule has 0 saturated carbocycles. The molecule has 4 aromatic rings. The van der Waals surface area contributed by atoms with Gasteiger partial charge in [0, 0.05) is 28.4 Å². The number of hydrogen-bond acceptors (Lipinski definition) is 5. The smallest absolute Gasteiger partial charge is 0.226 e. The number of benzene rings is 2. The second-order valence-corrected chi connectivity index (χ2v) is 7.44. The number of para-hydroxylation sites is 1. The second-order valence-electron chi connectivity index (χ2n) is 6.38. The molecule has 2 aromatic heterocycles. The molecule has 2 aromatic carbocycles. The Hall–Kier alpha value is -3.32. The fourth-order valence-electron chi connectivity index (χ4n) is 2.99. The lowest BCUT2D eigenvalue weighted by atomic mass is 10.1. The van der Waals surface area contributed by atoms with Gasteiger partial charge in [0.25, 0.3) is 0 Å². The van der Waals surface area contributed by atoms with Crippen LogP contribution in [0, 0.1) is 6.92 Å². The van der Waals surface area contributed by atoms with Crippen molar-refractivity contribution in [1.82, 2.24) is 14.8 Å². The van der Waals surface area contributed by atoms with E-state index in [1.807, 2.05) is 54.8 Å². The molecule has 0 atom stereocenters. The predicted octanol–water partition coefficient (Wildman–Crippen LogP) is 3.86. The Bertz CT molecular complexity index is 1190. The van der Waals surface area contributed by atoms with Crippen LogP contribution in [0.25, 0.3) is 22.2 Å². The van der Waals surface area contributed by atoms with E-state index in [0.717, 1.165) is 27.5 Å². The summed E-state index contributed by atoms with van der Waals surface area (Å²) >= 11 is 1.61. The standard InChI is InChI=1S/C21H18N4O2S/c1-14-23-18(13-28-14)15-6-8-16(9-7-15)24-21(27)10-11-25-19-5-3-2-4-17(19)20(26)12-22-25/h2-9,12-13H,10-11H2,1H3,(H,24,27). The molecule has 0 aliphatic carbocycles. The molecule has 0 saturated heterocycles. The Kier molecular flexibility index (Phi) is 4.99. The number of rotatable bonds is 5. The van der Waals surface area contributed by atoms with Gasteiger partial charge in [0.05, 0.1) is 29.0 Å². The lowest BCUT2D eigenvalue weighted by Gasteiger charge is -2.10. The molecule has 28 heavy (non-hydrogen) atoms. The van der Waals surface area contributed by atoms with Crippen molar-refractivity contribution < 1.29 is 4.79 Å². The van der Waals surface area contributed by atoms with Crippen LogP contribution in [0.4, 0.5) is 5.69 Å². The van der Waals surface area contributed by atoms with Gasteiger partial charge in [0.1, 0.15) is 0 Å². The van der Waals surface area contributed by atoms with Gasteiger partial charge in [-0.05, 0) is 31.2 Å². The number of aromatic nitrogens is 3. The summed E-state index contributed by atoms with van der Waals surface area (Å²) in [6.45, 7) is 2.37. The molecular formula is C21H18N4O2S. The van der Waals surface area contributed by atoms with Gasteiger partial charge in [-0.3, -0.25) is 14.3 Å². The van der Waals surface area contributed by atoms with Crippen molar-refractivity contribution in [3.8, 4) is 11.3 Å². The summed E-state index contributed by atoms with van der Waals surface area (Å²) in [5, 5.41) is 10.7. The molecule has 4 rings (SSSR count). The van der Waals surface area contributed by atoms with Gasteiger partial charge in [-0.25, -0.2) is 4.98 Å². The highest BCUT2D eigenvalue weighted by molar-refractivity contribution is 7.09. The van der Waals surface area contributed by atoms with Gasteiger partial charge in [-0.15, -0.1) is 11.3 Å². The minimum Gasteiger partial charge on any atom is -0.326 e. The average molecular weight is 390 g/mol. The van der Waals surface area contributed by atoms with E-state index in [1.165, 1.54) is 6.20 Å². The molecule has 140 valence electrons. The molecule has 0 aliphatic rings. The van der Waals surface area contributed by atoms with Crippen molar-refractivity contribution in [2.45, 2.75) is 19.9 Å². The van der Waals surface area contributed by atoms with Crippen LogP contribution in [0.5, 0.6) is 0 Å². The Labute approximate surface area is 165 Å². The van der Waals surface area contributed by atoms with Crippen molar-refractivity contribution in [2.24, 2.45) is 0 Å². The number of nitrogens with zero attached hydrogens (tertiary/aromatic N) is 3. The summed E-state index contributed by atoms with van der Waals surface area (Å²) in [7, 11) is 0. The van der Waals surface area contributed by atoms with Gasteiger partial charge in [-0.1, -0.05) is 24.3 Å². The topological polar surface area (TPSA) is 76.9 Å². The number of nitrogens with one attached hydrogen (secondary N) is 1. The van der Waals surface area contributed by atoms with E-state index in [2.05, 4.69) is 15.4 Å². The first-order chi connectivity index (χ1) is 13.6. The van der Waals surface area contributed by atoms with E-state index >= 15 is 0 Å². The third-order valence-electron chi connectivity index (χ3n) is 4.40. The van der Waals surface area contributed by atoms with E-state index in [0.29, 0.717) is 11.9 Å². The zero-order chi connectivity index (χ0) is 19.5. The Balaban J connectivity index is 1.41. The number of thiazole rings is 1. The van der Waals surface area contributed by atoms with Crippen molar-refractivity contribution >= 4 is 33.8 Å². The monoisotopic (exact) mass is 390 g/mol. The normalized spacial score (nSPS) is 10.9. The molecule has 0 fully saturated rings. The first-order valence-corrected chi connectivity index (χ1v) is 9.75. The number of fused-ring (bicyclic) bond motifs is 1.